The predicted molar refractivity (Wildman–Crippen MR) is 121 cm³/mol. The maximum Gasteiger partial charge on any atom is 0.261 e. The van der Waals surface area contributed by atoms with E-state index >= 15 is 0 Å². The molecule has 6 rings (SSSR count). The fourth-order valence-electron chi connectivity index (χ4n) is 5.17. The second-order valence-electron chi connectivity index (χ2n) is 7.97. The van der Waals surface area contributed by atoms with E-state index in [0.717, 1.165) is 16.8 Å². The Morgan fingerprint density at radius 3 is 2.23 bits per heavy atom. The fourth-order valence-corrected chi connectivity index (χ4v) is 5.48. The highest BCUT2D eigenvalue weighted by atomic mass is 32.1. The van der Waals surface area contributed by atoms with Gasteiger partial charge in [0.15, 0.2) is 16.2 Å². The summed E-state index contributed by atoms with van der Waals surface area (Å²) in [6.07, 6.45) is 0. The van der Waals surface area contributed by atoms with Crippen LogP contribution >= 0.6 is 12.2 Å². The van der Waals surface area contributed by atoms with Crippen molar-refractivity contribution in [3.05, 3.63) is 95.6 Å². The Morgan fingerprint density at radius 1 is 0.774 bits per heavy atom. The average Bonchev–Trinajstić information content (AvgIpc) is 3.35. The third kappa shape index (κ3) is 2.13. The van der Waals surface area contributed by atoms with E-state index in [1.54, 1.807) is 4.90 Å². The molecule has 1 fully saturated rings. The molecule has 152 valence electrons. The van der Waals surface area contributed by atoms with Gasteiger partial charge in [0.1, 0.15) is 0 Å². The summed E-state index contributed by atoms with van der Waals surface area (Å²) in [6, 6.07) is 24.8. The van der Waals surface area contributed by atoms with Gasteiger partial charge in [-0.1, -0.05) is 66.7 Å². The van der Waals surface area contributed by atoms with Crippen molar-refractivity contribution < 1.29 is 9.59 Å². The molecular weight excluding hydrogens is 408 g/mol. The van der Waals surface area contributed by atoms with Crippen LogP contribution in [0.3, 0.4) is 0 Å². The van der Waals surface area contributed by atoms with Gasteiger partial charge in [-0.05, 0) is 29.9 Å². The molecule has 0 saturated carbocycles. The van der Waals surface area contributed by atoms with Crippen LogP contribution in [-0.2, 0) is 27.2 Å². The van der Waals surface area contributed by atoms with E-state index in [2.05, 4.69) is 16.0 Å². The topological polar surface area (TPSA) is 73.5 Å². The number of thiocarbonyl (C=S) groups is 1. The highest BCUT2D eigenvalue weighted by Crippen LogP contribution is 2.56. The minimum Gasteiger partial charge on any atom is -0.342 e. The molecule has 3 heterocycles. The Hall–Kier alpha value is -3.71. The Labute approximate surface area is 184 Å². The average molecular weight is 427 g/mol. The van der Waals surface area contributed by atoms with E-state index in [1.165, 1.54) is 0 Å². The summed E-state index contributed by atoms with van der Waals surface area (Å²) in [7, 11) is 0. The number of nitrogens with zero attached hydrogens (tertiary/aromatic N) is 1. The summed E-state index contributed by atoms with van der Waals surface area (Å²) in [5.41, 5.74) is 1.13. The number of nitrogens with one attached hydrogen (secondary N) is 3. The lowest BCUT2D eigenvalue weighted by Gasteiger charge is -2.36. The van der Waals surface area contributed by atoms with Crippen LogP contribution in [0.4, 0.5) is 11.4 Å². The minimum atomic E-state index is -1.38. The van der Waals surface area contributed by atoms with Crippen molar-refractivity contribution in [2.75, 3.05) is 10.2 Å². The smallest absolute Gasteiger partial charge is 0.261 e. The number of anilines is 2. The van der Waals surface area contributed by atoms with Crippen LogP contribution < -0.4 is 20.9 Å². The van der Waals surface area contributed by atoms with E-state index in [-0.39, 0.29) is 16.9 Å². The predicted octanol–water partition coefficient (Wildman–Crippen LogP) is 2.75. The number of hydrogen-bond donors (Lipinski definition) is 3. The summed E-state index contributed by atoms with van der Waals surface area (Å²) >= 11 is 5.50. The highest BCUT2D eigenvalue weighted by Gasteiger charge is 2.73. The van der Waals surface area contributed by atoms with Crippen LogP contribution in [0.1, 0.15) is 16.7 Å². The molecule has 3 aliphatic rings. The van der Waals surface area contributed by atoms with Gasteiger partial charge >= 0.3 is 0 Å². The van der Waals surface area contributed by atoms with Crippen LogP contribution in [0.5, 0.6) is 0 Å². The van der Waals surface area contributed by atoms with Crippen LogP contribution in [-0.4, -0.2) is 16.9 Å². The molecular formula is C24H18N4O2S. The highest BCUT2D eigenvalue weighted by molar-refractivity contribution is 7.80. The lowest BCUT2D eigenvalue weighted by atomic mass is 9.70. The molecule has 2 amide bonds. The first kappa shape index (κ1) is 18.1. The molecule has 1 saturated heterocycles. The van der Waals surface area contributed by atoms with Gasteiger partial charge in [0.2, 0.25) is 0 Å². The zero-order valence-electron chi connectivity index (χ0n) is 16.4. The van der Waals surface area contributed by atoms with Gasteiger partial charge in [-0.25, -0.2) is 0 Å². The van der Waals surface area contributed by atoms with Gasteiger partial charge in [0, 0.05) is 16.8 Å². The molecule has 3 aliphatic heterocycles. The zero-order chi connectivity index (χ0) is 21.2. The van der Waals surface area contributed by atoms with E-state index in [4.69, 9.17) is 12.2 Å². The van der Waals surface area contributed by atoms with Crippen LogP contribution in [0.25, 0.3) is 0 Å². The normalized spacial score (nSPS) is 25.4. The van der Waals surface area contributed by atoms with Crippen molar-refractivity contribution in [3.63, 3.8) is 0 Å². The lowest BCUT2D eigenvalue weighted by Crippen LogP contribution is -2.63. The molecule has 0 unspecified atom stereocenters. The first-order valence-electron chi connectivity index (χ1n) is 10.0. The maximum absolute atomic E-state index is 14.2. The van der Waals surface area contributed by atoms with E-state index in [0.29, 0.717) is 17.8 Å². The molecule has 6 nitrogen and oxygen atoms in total. The molecule has 0 aromatic heterocycles. The molecule has 2 spiro atoms. The van der Waals surface area contributed by atoms with Gasteiger partial charge in [0.05, 0.1) is 12.2 Å². The number of benzene rings is 3. The van der Waals surface area contributed by atoms with Crippen molar-refractivity contribution >= 4 is 40.5 Å². The van der Waals surface area contributed by atoms with Gasteiger partial charge in [0.25, 0.3) is 11.8 Å². The molecule has 3 aromatic rings. The van der Waals surface area contributed by atoms with Crippen molar-refractivity contribution in [3.8, 4) is 0 Å². The monoisotopic (exact) mass is 426 g/mol. The maximum atomic E-state index is 14.2. The summed E-state index contributed by atoms with van der Waals surface area (Å²) in [5.74, 6) is -0.512. The molecule has 3 N–H and O–H groups in total. The minimum absolute atomic E-state index is 0.211. The van der Waals surface area contributed by atoms with Gasteiger partial charge in [-0.15, -0.1) is 0 Å². The second kappa shape index (κ2) is 6.15. The molecule has 2 atom stereocenters. The van der Waals surface area contributed by atoms with Gasteiger partial charge in [-0.3, -0.25) is 9.59 Å². The van der Waals surface area contributed by atoms with E-state index in [9.17, 15) is 9.59 Å². The molecule has 0 bridgehead atoms. The molecule has 0 aliphatic carbocycles. The molecule has 3 aromatic carbocycles. The largest absolute Gasteiger partial charge is 0.342 e. The summed E-state index contributed by atoms with van der Waals surface area (Å²) in [5, 5.41) is 9.63. The number of rotatable bonds is 2. The first-order chi connectivity index (χ1) is 15.1. The van der Waals surface area contributed by atoms with Crippen LogP contribution in [0, 0.1) is 0 Å². The lowest BCUT2D eigenvalue weighted by molar-refractivity contribution is -0.133. The number of amides is 2. The Balaban J connectivity index is 1.60. The zero-order valence-corrected chi connectivity index (χ0v) is 17.2. The number of carbonyl (C=O) groups excluding carboxylic acids is 2. The molecule has 0 radical (unpaired) electrons. The Bertz CT molecular complexity index is 1280. The summed E-state index contributed by atoms with van der Waals surface area (Å²) in [6.45, 7) is 0.395. The summed E-state index contributed by atoms with van der Waals surface area (Å²) < 4.78 is 0. The number of para-hydroxylation sites is 2. The summed E-state index contributed by atoms with van der Waals surface area (Å²) in [4.78, 5) is 29.5. The molecule has 31 heavy (non-hydrogen) atoms. The fraction of sp³-hybridized carbons (Fsp3) is 0.125. The number of hydrogen-bond acceptors (Lipinski definition) is 3. The second-order valence-corrected chi connectivity index (χ2v) is 8.38. The Kier molecular flexibility index (Phi) is 3.59. The third-order valence-electron chi connectivity index (χ3n) is 6.43. The van der Waals surface area contributed by atoms with Crippen LogP contribution in [0.15, 0.2) is 78.9 Å². The number of fused-ring (bicyclic) bond motifs is 5. The van der Waals surface area contributed by atoms with E-state index in [1.807, 2.05) is 78.9 Å². The van der Waals surface area contributed by atoms with Gasteiger partial charge in [-0.2, -0.15) is 0 Å². The SMILES string of the molecule is O=C1Nc2ccccc2[C@]12NC(=S)N[C@]21C(=O)N(Cc2ccccc2)c2ccccc21. The van der Waals surface area contributed by atoms with Gasteiger partial charge < -0.3 is 20.9 Å². The quantitative estimate of drug-likeness (QED) is 0.550. The van der Waals surface area contributed by atoms with Crippen molar-refractivity contribution in [1.82, 2.24) is 10.6 Å². The van der Waals surface area contributed by atoms with Crippen molar-refractivity contribution in [1.29, 1.82) is 0 Å². The first-order valence-corrected chi connectivity index (χ1v) is 10.5. The number of carbonyl (C=O) groups is 2. The van der Waals surface area contributed by atoms with Crippen molar-refractivity contribution in [2.45, 2.75) is 17.6 Å². The van der Waals surface area contributed by atoms with Crippen LogP contribution in [0.2, 0.25) is 0 Å². The standard InChI is InChI=1S/C24H18N4O2S/c29-20-23(16-10-4-6-12-18(16)25-20)24(27-22(31)26-23)17-11-5-7-13-19(17)28(21(24)30)14-15-8-2-1-3-9-15/h1-13H,14H2,(H,25,29)(H2,26,27,31)/t23-,24+/m0/s1. The third-order valence-corrected chi connectivity index (χ3v) is 6.64. The molecule has 7 heteroatoms. The van der Waals surface area contributed by atoms with E-state index < -0.39 is 11.1 Å². The Morgan fingerprint density at radius 2 is 1.42 bits per heavy atom. The van der Waals surface area contributed by atoms with Crippen molar-refractivity contribution in [2.24, 2.45) is 0 Å².